The predicted octanol–water partition coefficient (Wildman–Crippen LogP) is 4.65. The van der Waals surface area contributed by atoms with Crippen LogP contribution in [0.4, 0.5) is 5.13 Å². The molecule has 0 unspecified atom stereocenters. The van der Waals surface area contributed by atoms with Gasteiger partial charge in [-0.15, -0.1) is 0 Å². The fourth-order valence-electron chi connectivity index (χ4n) is 3.16. The lowest BCUT2D eigenvalue weighted by Crippen LogP contribution is -2.33. The van der Waals surface area contributed by atoms with Crippen molar-refractivity contribution in [2.75, 3.05) is 37.8 Å². The Balaban J connectivity index is 1.97. The Morgan fingerprint density at radius 2 is 1.77 bits per heavy atom. The average molecular weight is 480 g/mol. The summed E-state index contributed by atoms with van der Waals surface area (Å²) in [5.41, 5.74) is 2.10. The van der Waals surface area contributed by atoms with Crippen LogP contribution < -0.4 is 4.90 Å². The third kappa shape index (κ3) is 5.26. The molecule has 166 valence electrons. The van der Waals surface area contributed by atoms with Gasteiger partial charge in [0, 0.05) is 17.1 Å². The van der Waals surface area contributed by atoms with Crippen LogP contribution in [0, 0.1) is 6.92 Å². The molecule has 1 amide bonds. The van der Waals surface area contributed by atoms with Crippen molar-refractivity contribution in [2.45, 2.75) is 25.2 Å². The average Bonchev–Trinajstić information content (AvgIpc) is 3.18. The normalized spacial score (nSPS) is 11.9. The molecule has 6 nitrogen and oxygen atoms in total. The van der Waals surface area contributed by atoms with E-state index in [0.29, 0.717) is 22.3 Å². The van der Waals surface area contributed by atoms with Crippen molar-refractivity contribution in [2.24, 2.45) is 0 Å². The van der Waals surface area contributed by atoms with Crippen LogP contribution in [0.3, 0.4) is 0 Å². The first kappa shape index (κ1) is 23.7. The summed E-state index contributed by atoms with van der Waals surface area (Å²) in [4.78, 5) is 22.1. The van der Waals surface area contributed by atoms with E-state index in [-0.39, 0.29) is 16.6 Å². The van der Waals surface area contributed by atoms with Gasteiger partial charge in [-0.05, 0) is 75.9 Å². The molecule has 0 atom stereocenters. The summed E-state index contributed by atoms with van der Waals surface area (Å²) in [7, 11) is 0.660. The van der Waals surface area contributed by atoms with Gasteiger partial charge in [-0.2, -0.15) is 0 Å². The number of rotatable bonds is 8. The Labute approximate surface area is 192 Å². The van der Waals surface area contributed by atoms with Crippen LogP contribution in [0.25, 0.3) is 10.2 Å². The second-order valence-corrected chi connectivity index (χ2v) is 11.3. The number of aromatic nitrogens is 1. The molecule has 3 rings (SSSR count). The number of anilines is 1. The summed E-state index contributed by atoms with van der Waals surface area (Å²) in [6.07, 6.45) is 0.775. The van der Waals surface area contributed by atoms with Gasteiger partial charge in [-0.3, -0.25) is 9.69 Å². The fraction of sp³-hybridized carbons (Fsp3) is 0.364. The maximum Gasteiger partial charge on any atom is 0.260 e. The molecule has 0 fully saturated rings. The molecule has 0 spiro atoms. The van der Waals surface area contributed by atoms with Crippen molar-refractivity contribution in [1.82, 2.24) is 9.88 Å². The lowest BCUT2D eigenvalue weighted by molar-refractivity contribution is 0.0986. The number of hydrogen-bond donors (Lipinski definition) is 0. The molecule has 3 aromatic rings. The maximum atomic E-state index is 13.4. The molecule has 0 aliphatic carbocycles. The zero-order chi connectivity index (χ0) is 22.8. The quantitative estimate of drug-likeness (QED) is 0.470. The number of thiazole rings is 1. The highest BCUT2D eigenvalue weighted by Gasteiger charge is 2.23. The SMILES string of the molecule is CCS(=O)(=O)c1ccc(C(=O)N(CCCN(C)C)c2nc3c(C)c(Cl)ccc3s2)cc1. The molecule has 1 aromatic heterocycles. The lowest BCUT2D eigenvalue weighted by atomic mass is 10.2. The van der Waals surface area contributed by atoms with E-state index in [4.69, 9.17) is 16.6 Å². The van der Waals surface area contributed by atoms with Crippen LogP contribution >= 0.6 is 22.9 Å². The molecule has 0 radical (unpaired) electrons. The number of benzene rings is 2. The molecule has 31 heavy (non-hydrogen) atoms. The Bertz CT molecular complexity index is 1190. The van der Waals surface area contributed by atoms with E-state index in [1.54, 1.807) is 24.0 Å². The largest absolute Gasteiger partial charge is 0.309 e. The standard InChI is InChI=1S/C22H26ClN3O3S2/c1-5-31(28,29)17-9-7-16(8-10-17)21(27)26(14-6-13-25(3)4)22-24-20-15(2)18(23)11-12-19(20)30-22/h7-12H,5-6,13-14H2,1-4H3. The van der Waals surface area contributed by atoms with Crippen molar-refractivity contribution in [3.8, 4) is 0 Å². The number of amides is 1. The first-order chi connectivity index (χ1) is 14.6. The van der Waals surface area contributed by atoms with E-state index in [9.17, 15) is 13.2 Å². The highest BCUT2D eigenvalue weighted by Crippen LogP contribution is 2.34. The van der Waals surface area contributed by atoms with Gasteiger partial charge in [-0.1, -0.05) is 29.9 Å². The summed E-state index contributed by atoms with van der Waals surface area (Å²) in [5, 5.41) is 1.25. The zero-order valence-electron chi connectivity index (χ0n) is 18.1. The van der Waals surface area contributed by atoms with E-state index in [2.05, 4.69) is 4.90 Å². The van der Waals surface area contributed by atoms with Gasteiger partial charge in [0.2, 0.25) is 0 Å². The highest BCUT2D eigenvalue weighted by atomic mass is 35.5. The molecule has 0 bridgehead atoms. The summed E-state index contributed by atoms with van der Waals surface area (Å²) < 4.78 is 25.1. The van der Waals surface area contributed by atoms with Crippen LogP contribution in [0.15, 0.2) is 41.3 Å². The molecule has 9 heteroatoms. The number of aryl methyl sites for hydroxylation is 1. The van der Waals surface area contributed by atoms with Gasteiger partial charge in [0.15, 0.2) is 15.0 Å². The topological polar surface area (TPSA) is 70.6 Å². The maximum absolute atomic E-state index is 13.4. The Morgan fingerprint density at radius 3 is 2.39 bits per heavy atom. The van der Waals surface area contributed by atoms with Gasteiger partial charge in [-0.25, -0.2) is 13.4 Å². The van der Waals surface area contributed by atoms with Gasteiger partial charge in [0.25, 0.3) is 5.91 Å². The first-order valence-corrected chi connectivity index (χ1v) is 12.8. The lowest BCUT2D eigenvalue weighted by Gasteiger charge is -2.21. The molecule has 0 saturated heterocycles. The molecular weight excluding hydrogens is 454 g/mol. The molecular formula is C22H26ClN3O3S2. The van der Waals surface area contributed by atoms with Gasteiger partial charge in [0.1, 0.15) is 0 Å². The van der Waals surface area contributed by atoms with E-state index in [1.165, 1.54) is 23.5 Å². The monoisotopic (exact) mass is 479 g/mol. The molecule has 0 saturated carbocycles. The van der Waals surface area contributed by atoms with Gasteiger partial charge >= 0.3 is 0 Å². The van der Waals surface area contributed by atoms with Crippen molar-refractivity contribution in [3.63, 3.8) is 0 Å². The summed E-state index contributed by atoms with van der Waals surface area (Å²) >= 11 is 7.69. The Hall–Kier alpha value is -2.00. The highest BCUT2D eigenvalue weighted by molar-refractivity contribution is 7.91. The fourth-order valence-corrected chi connectivity index (χ4v) is 5.25. The van der Waals surface area contributed by atoms with E-state index in [0.717, 1.165) is 28.7 Å². The van der Waals surface area contributed by atoms with E-state index < -0.39 is 9.84 Å². The molecule has 2 aromatic carbocycles. The Kier molecular flexibility index (Phi) is 7.36. The van der Waals surface area contributed by atoms with Crippen LogP contribution in [0.1, 0.15) is 29.3 Å². The van der Waals surface area contributed by atoms with Crippen LogP contribution in [0.5, 0.6) is 0 Å². The minimum absolute atomic E-state index is 0.0184. The minimum Gasteiger partial charge on any atom is -0.309 e. The number of fused-ring (bicyclic) bond motifs is 1. The second kappa shape index (κ2) is 9.65. The number of hydrogen-bond acceptors (Lipinski definition) is 6. The summed E-state index contributed by atoms with van der Waals surface area (Å²) in [6, 6.07) is 9.88. The van der Waals surface area contributed by atoms with Crippen LogP contribution in [-0.2, 0) is 9.84 Å². The third-order valence-corrected chi connectivity index (χ3v) is 8.24. The smallest absolute Gasteiger partial charge is 0.260 e. The summed E-state index contributed by atoms with van der Waals surface area (Å²) in [6.45, 7) is 4.84. The van der Waals surface area contributed by atoms with Crippen LogP contribution in [-0.4, -0.2) is 57.1 Å². The second-order valence-electron chi connectivity index (χ2n) is 7.56. The van der Waals surface area contributed by atoms with Crippen molar-refractivity contribution < 1.29 is 13.2 Å². The number of carbonyl (C=O) groups excluding carboxylic acids is 1. The number of sulfone groups is 1. The van der Waals surface area contributed by atoms with E-state index >= 15 is 0 Å². The Morgan fingerprint density at radius 1 is 1.10 bits per heavy atom. The molecule has 0 aliphatic rings. The number of halogens is 1. The van der Waals surface area contributed by atoms with Crippen molar-refractivity contribution >= 4 is 54.0 Å². The number of nitrogens with zero attached hydrogens (tertiary/aromatic N) is 3. The first-order valence-electron chi connectivity index (χ1n) is 9.99. The zero-order valence-corrected chi connectivity index (χ0v) is 20.4. The predicted molar refractivity (Wildman–Crippen MR) is 128 cm³/mol. The molecule has 1 heterocycles. The number of carbonyl (C=O) groups is 1. The van der Waals surface area contributed by atoms with Gasteiger partial charge in [0.05, 0.1) is 20.9 Å². The molecule has 0 aliphatic heterocycles. The van der Waals surface area contributed by atoms with Gasteiger partial charge < -0.3 is 4.90 Å². The van der Waals surface area contributed by atoms with Crippen molar-refractivity contribution in [3.05, 3.63) is 52.5 Å². The third-order valence-electron chi connectivity index (χ3n) is 5.04. The minimum atomic E-state index is -3.32. The van der Waals surface area contributed by atoms with Crippen LogP contribution in [0.2, 0.25) is 5.02 Å². The summed E-state index contributed by atoms with van der Waals surface area (Å²) in [5.74, 6) is -0.188. The molecule has 0 N–H and O–H groups in total. The van der Waals surface area contributed by atoms with E-state index in [1.807, 2.05) is 33.2 Å². The van der Waals surface area contributed by atoms with Crippen molar-refractivity contribution in [1.29, 1.82) is 0 Å².